The van der Waals surface area contributed by atoms with E-state index in [1.807, 2.05) is 12.1 Å². The van der Waals surface area contributed by atoms with Crippen LogP contribution >= 0.6 is 24.8 Å². The molecule has 0 saturated heterocycles. The zero-order valence-electron chi connectivity index (χ0n) is 14.6. The molecule has 4 N–H and O–H groups in total. The van der Waals surface area contributed by atoms with Gasteiger partial charge in [0.2, 0.25) is 0 Å². The number of rotatable bonds is 6. The van der Waals surface area contributed by atoms with Crippen molar-refractivity contribution in [3.63, 3.8) is 0 Å². The molecule has 4 rings (SSSR count). The number of hydrogen-bond donors (Lipinski definition) is 3. The largest absolute Gasteiger partial charge is 0.508 e. The molecule has 0 aliphatic heterocycles. The highest BCUT2D eigenvalue weighted by molar-refractivity contribution is 5.85. The molecule has 1 heterocycles. The fraction of sp³-hybridized carbons (Fsp3) is 0.474. The van der Waals surface area contributed by atoms with Gasteiger partial charge >= 0.3 is 0 Å². The second kappa shape index (κ2) is 8.89. The van der Waals surface area contributed by atoms with Crippen molar-refractivity contribution in [2.45, 2.75) is 50.0 Å². The van der Waals surface area contributed by atoms with Crippen LogP contribution in [0.15, 0.2) is 30.3 Å². The Morgan fingerprint density at radius 1 is 1.04 bits per heavy atom. The molecule has 2 fully saturated rings. The van der Waals surface area contributed by atoms with Gasteiger partial charge in [0, 0.05) is 36.2 Å². The Labute approximate surface area is 166 Å². The summed E-state index contributed by atoms with van der Waals surface area (Å²) in [4.78, 5) is 9.50. The third kappa shape index (κ3) is 5.00. The first kappa shape index (κ1) is 20.7. The van der Waals surface area contributed by atoms with Gasteiger partial charge in [0.05, 0.1) is 0 Å². The Morgan fingerprint density at radius 3 is 2.35 bits per heavy atom. The molecule has 1 aromatic carbocycles. The Hall–Kier alpha value is -1.56. The second-order valence-corrected chi connectivity index (χ2v) is 7.08. The monoisotopic (exact) mass is 396 g/mol. The summed E-state index contributed by atoms with van der Waals surface area (Å²) in [5, 5.41) is 12.8. The smallest absolute Gasteiger partial charge is 0.134 e. The maximum Gasteiger partial charge on any atom is 0.134 e. The Balaban J connectivity index is 0.00000121. The molecule has 2 aromatic rings. The van der Waals surface area contributed by atoms with Crippen LogP contribution in [0.3, 0.4) is 0 Å². The Morgan fingerprint density at radius 2 is 1.73 bits per heavy atom. The lowest BCUT2D eigenvalue weighted by Crippen LogP contribution is -2.35. The van der Waals surface area contributed by atoms with Gasteiger partial charge in [-0.1, -0.05) is 12.1 Å². The van der Waals surface area contributed by atoms with Gasteiger partial charge in [-0.3, -0.25) is 0 Å². The van der Waals surface area contributed by atoms with E-state index in [0.717, 1.165) is 43.1 Å². The summed E-state index contributed by atoms with van der Waals surface area (Å²) in [6, 6.07) is 9.79. The first-order chi connectivity index (χ1) is 11.7. The highest BCUT2D eigenvalue weighted by Gasteiger charge is 2.32. The average molecular weight is 397 g/mol. The predicted molar refractivity (Wildman–Crippen MR) is 109 cm³/mol. The van der Waals surface area contributed by atoms with Crippen molar-refractivity contribution in [3.8, 4) is 5.75 Å². The van der Waals surface area contributed by atoms with Gasteiger partial charge in [-0.25, -0.2) is 9.97 Å². The lowest BCUT2D eigenvalue weighted by Gasteiger charge is -2.32. The summed E-state index contributed by atoms with van der Waals surface area (Å²) in [6.07, 6.45) is 5.38. The number of aromatic hydroxyl groups is 1. The van der Waals surface area contributed by atoms with Crippen molar-refractivity contribution in [1.29, 1.82) is 0 Å². The zero-order chi connectivity index (χ0) is 16.5. The Bertz CT molecular complexity index is 716. The highest BCUT2D eigenvalue weighted by atomic mass is 35.5. The third-order valence-corrected chi connectivity index (χ3v) is 4.95. The number of hydrogen-bond acceptors (Lipinski definition) is 5. The number of halogens is 2. The molecule has 2 aliphatic carbocycles. The molecule has 1 aromatic heterocycles. The van der Waals surface area contributed by atoms with E-state index in [1.165, 1.54) is 18.4 Å². The standard InChI is InChI=1S/C19H24N4O.2ClH/c20-15-9-14(10-15)17-11-18(23-19(22-17)13-3-4-13)21-8-7-12-1-5-16(24)6-2-12;;/h1-2,5-6,11,13-15,24H,3-4,7-10,20H2,(H,21,22,23);2*1H. The molecule has 0 radical (unpaired) electrons. The van der Waals surface area contributed by atoms with E-state index in [9.17, 15) is 5.11 Å². The molecule has 0 unspecified atom stereocenters. The summed E-state index contributed by atoms with van der Waals surface area (Å²) in [6.45, 7) is 0.815. The van der Waals surface area contributed by atoms with Gasteiger partial charge in [0.15, 0.2) is 0 Å². The summed E-state index contributed by atoms with van der Waals surface area (Å²) in [5.74, 6) is 3.29. The quantitative estimate of drug-likeness (QED) is 0.691. The van der Waals surface area contributed by atoms with Crippen molar-refractivity contribution in [3.05, 3.63) is 47.4 Å². The van der Waals surface area contributed by atoms with Crippen molar-refractivity contribution in [1.82, 2.24) is 9.97 Å². The van der Waals surface area contributed by atoms with E-state index < -0.39 is 0 Å². The minimum Gasteiger partial charge on any atom is -0.508 e. The van der Waals surface area contributed by atoms with Crippen molar-refractivity contribution >= 4 is 30.6 Å². The van der Waals surface area contributed by atoms with Crippen LogP contribution in [0.25, 0.3) is 0 Å². The van der Waals surface area contributed by atoms with E-state index in [2.05, 4.69) is 11.4 Å². The number of nitrogens with two attached hydrogens (primary N) is 1. The number of anilines is 1. The maximum absolute atomic E-state index is 9.34. The van der Waals surface area contributed by atoms with Gasteiger partial charge in [-0.05, 0) is 49.8 Å². The number of benzene rings is 1. The third-order valence-electron chi connectivity index (χ3n) is 4.95. The first-order valence-electron chi connectivity index (χ1n) is 8.83. The van der Waals surface area contributed by atoms with Gasteiger partial charge in [0.25, 0.3) is 0 Å². The summed E-state index contributed by atoms with van der Waals surface area (Å²) >= 11 is 0. The van der Waals surface area contributed by atoms with E-state index in [-0.39, 0.29) is 24.8 Å². The minimum atomic E-state index is 0. The topological polar surface area (TPSA) is 84.1 Å². The zero-order valence-corrected chi connectivity index (χ0v) is 16.2. The van der Waals surface area contributed by atoms with Gasteiger partial charge < -0.3 is 16.2 Å². The molecular weight excluding hydrogens is 371 g/mol. The molecule has 0 amide bonds. The summed E-state index contributed by atoms with van der Waals surface area (Å²) < 4.78 is 0. The lowest BCUT2D eigenvalue weighted by molar-refractivity contribution is 0.344. The van der Waals surface area contributed by atoms with Crippen molar-refractivity contribution in [2.24, 2.45) is 5.73 Å². The van der Waals surface area contributed by atoms with Crippen molar-refractivity contribution in [2.75, 3.05) is 11.9 Å². The van der Waals surface area contributed by atoms with Crippen LogP contribution in [0.4, 0.5) is 5.82 Å². The molecule has 2 aliphatic rings. The maximum atomic E-state index is 9.34. The van der Waals surface area contributed by atoms with Crippen LogP contribution in [0, 0.1) is 0 Å². The molecule has 5 nitrogen and oxygen atoms in total. The average Bonchev–Trinajstić information content (AvgIpc) is 3.38. The van der Waals surface area contributed by atoms with Crippen LogP contribution in [0.2, 0.25) is 0 Å². The fourth-order valence-electron chi connectivity index (χ4n) is 3.21. The number of nitrogens with zero attached hydrogens (tertiary/aromatic N) is 2. The molecule has 26 heavy (non-hydrogen) atoms. The SMILES string of the molecule is Cl.Cl.NC1CC(c2cc(NCCc3ccc(O)cc3)nc(C3CC3)n2)C1. The molecule has 0 bridgehead atoms. The number of phenols is 1. The number of nitrogens with one attached hydrogen (secondary N) is 1. The second-order valence-electron chi connectivity index (χ2n) is 7.08. The van der Waals surface area contributed by atoms with E-state index >= 15 is 0 Å². The summed E-state index contributed by atoms with van der Waals surface area (Å²) in [7, 11) is 0. The number of phenolic OH excluding ortho intramolecular Hbond substituents is 1. The lowest BCUT2D eigenvalue weighted by atomic mass is 9.78. The minimum absolute atomic E-state index is 0. The molecule has 2 saturated carbocycles. The van der Waals surface area contributed by atoms with Crippen LogP contribution in [0.1, 0.15) is 54.6 Å². The number of aromatic nitrogens is 2. The molecule has 0 atom stereocenters. The fourth-order valence-corrected chi connectivity index (χ4v) is 3.21. The summed E-state index contributed by atoms with van der Waals surface area (Å²) in [5.41, 5.74) is 8.28. The highest BCUT2D eigenvalue weighted by Crippen LogP contribution is 2.41. The van der Waals surface area contributed by atoms with Gasteiger partial charge in [-0.2, -0.15) is 0 Å². The Kier molecular flexibility index (Phi) is 7.09. The van der Waals surface area contributed by atoms with E-state index in [0.29, 0.717) is 23.6 Å². The molecular formula is C19H26Cl2N4O. The van der Waals surface area contributed by atoms with Crippen LogP contribution in [0.5, 0.6) is 5.75 Å². The van der Waals surface area contributed by atoms with Gasteiger partial charge in [-0.15, -0.1) is 24.8 Å². The molecule has 7 heteroatoms. The van der Waals surface area contributed by atoms with E-state index in [1.54, 1.807) is 12.1 Å². The van der Waals surface area contributed by atoms with Crippen LogP contribution in [-0.2, 0) is 6.42 Å². The molecule has 142 valence electrons. The molecule has 0 spiro atoms. The first-order valence-corrected chi connectivity index (χ1v) is 8.83. The predicted octanol–water partition coefficient (Wildman–Crippen LogP) is 3.76. The van der Waals surface area contributed by atoms with Crippen LogP contribution in [-0.4, -0.2) is 27.7 Å². The van der Waals surface area contributed by atoms with Crippen LogP contribution < -0.4 is 11.1 Å². The van der Waals surface area contributed by atoms with E-state index in [4.69, 9.17) is 15.7 Å². The normalized spacial score (nSPS) is 21.1. The van der Waals surface area contributed by atoms with Crippen molar-refractivity contribution < 1.29 is 5.11 Å². The van der Waals surface area contributed by atoms with Gasteiger partial charge in [0.1, 0.15) is 17.4 Å².